The molecule has 2 N–H and O–H groups in total. The van der Waals surface area contributed by atoms with E-state index in [0.717, 1.165) is 5.52 Å². The summed E-state index contributed by atoms with van der Waals surface area (Å²) >= 11 is 0. The van der Waals surface area contributed by atoms with E-state index in [1.54, 1.807) is 35.1 Å². The summed E-state index contributed by atoms with van der Waals surface area (Å²) in [5, 5.41) is 6.68. The Hall–Kier alpha value is -2.09. The maximum atomic E-state index is 12.1. The van der Waals surface area contributed by atoms with E-state index in [1.165, 1.54) is 0 Å². The van der Waals surface area contributed by atoms with Crippen LogP contribution in [0.5, 0.6) is 0 Å². The molecule has 0 saturated carbocycles. The molecule has 0 spiro atoms. The summed E-state index contributed by atoms with van der Waals surface area (Å²) in [5.41, 5.74) is 1.14. The van der Waals surface area contributed by atoms with Crippen LogP contribution in [0.3, 0.4) is 0 Å². The first-order valence-electron chi connectivity index (χ1n) is 7.35. The first kappa shape index (κ1) is 17.3. The molecule has 0 saturated heterocycles. The van der Waals surface area contributed by atoms with E-state index in [-0.39, 0.29) is 23.6 Å². The number of carbonyl (C=O) groups is 1. The van der Waals surface area contributed by atoms with Crippen molar-refractivity contribution in [2.24, 2.45) is 5.41 Å². The SMILES string of the molecule is CC(C)(C)CC(=O)NCCS(=O)(=O)Nc1ccn2nccc2c1. The van der Waals surface area contributed by atoms with Gasteiger partial charge in [-0.15, -0.1) is 0 Å². The molecule has 0 aliphatic carbocycles. The zero-order chi connectivity index (χ0) is 17.1. The Bertz CT molecular complexity index is 790. The topological polar surface area (TPSA) is 92.6 Å². The zero-order valence-corrected chi connectivity index (χ0v) is 14.4. The minimum Gasteiger partial charge on any atom is -0.355 e. The van der Waals surface area contributed by atoms with Crippen LogP contribution in [0.15, 0.2) is 30.6 Å². The Labute approximate surface area is 136 Å². The third-order valence-corrected chi connectivity index (χ3v) is 4.35. The van der Waals surface area contributed by atoms with Crippen molar-refractivity contribution < 1.29 is 13.2 Å². The minimum absolute atomic E-state index is 0.0825. The Morgan fingerprint density at radius 3 is 2.74 bits per heavy atom. The number of anilines is 1. The van der Waals surface area contributed by atoms with Crippen LogP contribution in [0, 0.1) is 5.41 Å². The lowest BCUT2D eigenvalue weighted by molar-refractivity contribution is -0.122. The number of hydrogen-bond acceptors (Lipinski definition) is 4. The Morgan fingerprint density at radius 2 is 2.04 bits per heavy atom. The maximum Gasteiger partial charge on any atom is 0.234 e. The third kappa shape index (κ3) is 5.55. The van der Waals surface area contributed by atoms with Gasteiger partial charge in [0.2, 0.25) is 15.9 Å². The molecule has 0 fully saturated rings. The van der Waals surface area contributed by atoms with Crippen LogP contribution < -0.4 is 10.0 Å². The molecule has 1 amide bonds. The first-order valence-corrected chi connectivity index (χ1v) is 9.00. The molecule has 0 atom stereocenters. The van der Waals surface area contributed by atoms with Crippen molar-refractivity contribution in [1.82, 2.24) is 14.9 Å². The van der Waals surface area contributed by atoms with Gasteiger partial charge >= 0.3 is 0 Å². The Morgan fingerprint density at radius 1 is 1.30 bits per heavy atom. The van der Waals surface area contributed by atoms with Crippen molar-refractivity contribution in [2.75, 3.05) is 17.0 Å². The van der Waals surface area contributed by atoms with Crippen LogP contribution in [-0.4, -0.2) is 36.2 Å². The summed E-state index contributed by atoms with van der Waals surface area (Å²) in [5.74, 6) is -0.318. The predicted octanol–water partition coefficient (Wildman–Crippen LogP) is 1.63. The number of nitrogens with zero attached hydrogens (tertiary/aromatic N) is 2. The van der Waals surface area contributed by atoms with Crippen molar-refractivity contribution in [3.8, 4) is 0 Å². The average Bonchev–Trinajstić information content (AvgIpc) is 2.82. The van der Waals surface area contributed by atoms with Gasteiger partial charge in [-0.05, 0) is 23.6 Å². The number of amides is 1. The highest BCUT2D eigenvalue weighted by Gasteiger charge is 2.17. The van der Waals surface area contributed by atoms with Gasteiger partial charge in [0.1, 0.15) is 0 Å². The van der Waals surface area contributed by atoms with E-state index in [2.05, 4.69) is 15.1 Å². The largest absolute Gasteiger partial charge is 0.355 e. The average molecular weight is 338 g/mol. The van der Waals surface area contributed by atoms with Crippen molar-refractivity contribution in [1.29, 1.82) is 0 Å². The van der Waals surface area contributed by atoms with E-state index < -0.39 is 10.0 Å². The quantitative estimate of drug-likeness (QED) is 0.837. The normalized spacial score (nSPS) is 12.3. The third-order valence-electron chi connectivity index (χ3n) is 3.06. The molecule has 2 heterocycles. The molecule has 126 valence electrons. The van der Waals surface area contributed by atoms with Gasteiger partial charge in [-0.1, -0.05) is 20.8 Å². The summed E-state index contributed by atoms with van der Waals surface area (Å²) < 4.78 is 28.3. The molecule has 0 aromatic carbocycles. The van der Waals surface area contributed by atoms with Gasteiger partial charge < -0.3 is 5.32 Å². The molecule has 2 rings (SSSR count). The summed E-state index contributed by atoms with van der Waals surface area (Å²) in [6, 6.07) is 5.11. The summed E-state index contributed by atoms with van der Waals surface area (Å²) in [6.45, 7) is 5.95. The number of sulfonamides is 1. The molecule has 0 aliphatic rings. The summed E-state index contributed by atoms with van der Waals surface area (Å²) in [4.78, 5) is 11.7. The molecular weight excluding hydrogens is 316 g/mol. The summed E-state index contributed by atoms with van der Waals surface area (Å²) in [7, 11) is -3.52. The van der Waals surface area contributed by atoms with E-state index in [4.69, 9.17) is 0 Å². The number of pyridine rings is 1. The number of nitrogens with one attached hydrogen (secondary N) is 2. The van der Waals surface area contributed by atoms with Gasteiger partial charge in [0.05, 0.1) is 17.0 Å². The first-order chi connectivity index (χ1) is 10.6. The van der Waals surface area contributed by atoms with Crippen molar-refractivity contribution in [3.63, 3.8) is 0 Å². The number of rotatable bonds is 6. The second-order valence-corrected chi connectivity index (χ2v) is 8.47. The van der Waals surface area contributed by atoms with E-state index in [9.17, 15) is 13.2 Å². The zero-order valence-electron chi connectivity index (χ0n) is 13.5. The smallest absolute Gasteiger partial charge is 0.234 e. The highest BCUT2D eigenvalue weighted by Crippen LogP contribution is 2.17. The van der Waals surface area contributed by atoms with E-state index in [1.807, 2.05) is 20.8 Å². The van der Waals surface area contributed by atoms with Crippen LogP contribution in [0.4, 0.5) is 5.69 Å². The fourth-order valence-corrected chi connectivity index (χ4v) is 3.04. The lowest BCUT2D eigenvalue weighted by Gasteiger charge is -2.17. The molecule has 0 unspecified atom stereocenters. The highest BCUT2D eigenvalue weighted by molar-refractivity contribution is 7.92. The second-order valence-electron chi connectivity index (χ2n) is 6.62. The Kier molecular flexibility index (Phi) is 4.93. The molecule has 0 aliphatic heterocycles. The molecule has 2 aromatic rings. The van der Waals surface area contributed by atoms with Crippen LogP contribution in [0.1, 0.15) is 27.2 Å². The predicted molar refractivity (Wildman–Crippen MR) is 89.7 cm³/mol. The van der Waals surface area contributed by atoms with Crippen molar-refractivity contribution in [2.45, 2.75) is 27.2 Å². The fraction of sp³-hybridized carbons (Fsp3) is 0.467. The minimum atomic E-state index is -3.52. The number of hydrogen-bond donors (Lipinski definition) is 2. The molecule has 2 aromatic heterocycles. The molecule has 8 heteroatoms. The summed E-state index contributed by atoms with van der Waals surface area (Å²) in [6.07, 6.45) is 3.68. The van der Waals surface area contributed by atoms with Crippen molar-refractivity contribution >= 4 is 27.1 Å². The van der Waals surface area contributed by atoms with Gasteiger partial charge in [-0.2, -0.15) is 5.10 Å². The Balaban J connectivity index is 1.88. The monoisotopic (exact) mass is 338 g/mol. The second kappa shape index (κ2) is 6.57. The molecule has 0 bridgehead atoms. The lowest BCUT2D eigenvalue weighted by Crippen LogP contribution is -2.33. The van der Waals surface area contributed by atoms with Crippen LogP contribution in [0.2, 0.25) is 0 Å². The van der Waals surface area contributed by atoms with E-state index >= 15 is 0 Å². The molecule has 7 nitrogen and oxygen atoms in total. The standard InChI is InChI=1S/C15H22N4O3S/c1-15(2,3)11-14(20)16-7-9-23(21,22)18-12-5-8-19-13(10-12)4-6-17-19/h4-6,8,10,18H,7,9,11H2,1-3H3,(H,16,20). The van der Waals surface area contributed by atoms with Crippen molar-refractivity contribution in [3.05, 3.63) is 30.6 Å². The van der Waals surface area contributed by atoms with E-state index in [0.29, 0.717) is 12.1 Å². The lowest BCUT2D eigenvalue weighted by atomic mass is 9.92. The maximum absolute atomic E-state index is 12.1. The van der Waals surface area contributed by atoms with Crippen LogP contribution >= 0.6 is 0 Å². The molecule has 0 radical (unpaired) electrons. The fourth-order valence-electron chi connectivity index (χ4n) is 2.08. The number of carbonyl (C=O) groups excluding carboxylic acids is 1. The van der Waals surface area contributed by atoms with Gasteiger partial charge in [0.25, 0.3) is 0 Å². The molecule has 23 heavy (non-hydrogen) atoms. The molecular formula is C15H22N4O3S. The van der Waals surface area contributed by atoms with Crippen LogP contribution in [0.25, 0.3) is 5.52 Å². The number of aromatic nitrogens is 2. The highest BCUT2D eigenvalue weighted by atomic mass is 32.2. The van der Waals surface area contributed by atoms with Gasteiger partial charge in [0.15, 0.2) is 0 Å². The van der Waals surface area contributed by atoms with Gasteiger partial charge in [-0.25, -0.2) is 12.9 Å². The number of fused-ring (bicyclic) bond motifs is 1. The van der Waals surface area contributed by atoms with Crippen LogP contribution in [-0.2, 0) is 14.8 Å². The van der Waals surface area contributed by atoms with Gasteiger partial charge in [-0.3, -0.25) is 9.52 Å². The van der Waals surface area contributed by atoms with Gasteiger partial charge in [0, 0.05) is 25.4 Å².